The second-order valence-electron chi connectivity index (χ2n) is 6.13. The van der Waals surface area contributed by atoms with Crippen LogP contribution in [0.1, 0.15) is 46.0 Å². The molecule has 0 aliphatic heterocycles. The smallest absolute Gasteiger partial charge is 0.0808 e. The van der Waals surface area contributed by atoms with Crippen molar-refractivity contribution >= 4 is 13.3 Å². The van der Waals surface area contributed by atoms with E-state index in [1.165, 1.54) is 31.7 Å². The molecule has 0 N–H and O–H groups in total. The van der Waals surface area contributed by atoms with Crippen molar-refractivity contribution in [1.29, 1.82) is 0 Å². The van der Waals surface area contributed by atoms with Gasteiger partial charge in [0.15, 0.2) is 0 Å². The highest BCUT2D eigenvalue weighted by Gasteiger charge is 2.35. The van der Waals surface area contributed by atoms with Crippen LogP contribution in [0.2, 0.25) is 12.6 Å². The maximum atomic E-state index is 2.58. The molecule has 0 nitrogen and oxygen atoms in total. The van der Waals surface area contributed by atoms with E-state index in [1.807, 2.05) is 0 Å². The zero-order valence-electron chi connectivity index (χ0n) is 13.3. The van der Waals surface area contributed by atoms with Crippen LogP contribution in [0.3, 0.4) is 0 Å². The second kappa shape index (κ2) is 7.08. The zero-order chi connectivity index (χ0) is 14.4. The molecule has 0 radical (unpaired) electrons. The predicted octanol–water partition coefficient (Wildman–Crippen LogP) is 5.37. The minimum absolute atomic E-state index is 1.16. The van der Waals surface area contributed by atoms with Crippen LogP contribution in [-0.4, -0.2) is 8.07 Å². The molecule has 1 aromatic carbocycles. The van der Waals surface area contributed by atoms with Crippen molar-refractivity contribution in [3.8, 4) is 0 Å². The number of unbranched alkanes of at least 4 members (excludes halogenated alkanes) is 1. The number of hydrogen-bond donors (Lipinski definition) is 0. The molecule has 20 heavy (non-hydrogen) atoms. The van der Waals surface area contributed by atoms with E-state index < -0.39 is 8.07 Å². The van der Waals surface area contributed by atoms with Crippen molar-refractivity contribution in [3.63, 3.8) is 0 Å². The molecular weight excluding hydrogens is 256 g/mol. The van der Waals surface area contributed by atoms with E-state index in [0.29, 0.717) is 0 Å². The van der Waals surface area contributed by atoms with E-state index in [4.69, 9.17) is 0 Å². The summed E-state index contributed by atoms with van der Waals surface area (Å²) in [6.45, 7) is 7.19. The summed E-state index contributed by atoms with van der Waals surface area (Å²) < 4.78 is 0. The summed E-state index contributed by atoms with van der Waals surface area (Å²) >= 11 is 0. The third-order valence-corrected chi connectivity index (χ3v) is 9.26. The normalized spacial score (nSPS) is 17.6. The maximum absolute atomic E-state index is 2.58. The number of benzene rings is 1. The van der Waals surface area contributed by atoms with Gasteiger partial charge in [-0.2, -0.15) is 0 Å². The van der Waals surface area contributed by atoms with Gasteiger partial charge < -0.3 is 0 Å². The van der Waals surface area contributed by atoms with Crippen LogP contribution in [0.5, 0.6) is 0 Å². The van der Waals surface area contributed by atoms with Crippen LogP contribution < -0.4 is 5.19 Å². The Morgan fingerprint density at radius 2 is 1.75 bits per heavy atom. The monoisotopic (exact) mass is 284 g/mol. The number of rotatable bonds is 7. The summed E-state index contributed by atoms with van der Waals surface area (Å²) in [6, 6.07) is 12.7. The van der Waals surface area contributed by atoms with Gasteiger partial charge in [-0.05, 0) is 18.9 Å². The van der Waals surface area contributed by atoms with Gasteiger partial charge in [-0.1, -0.05) is 98.1 Å². The lowest BCUT2D eigenvalue weighted by molar-refractivity contribution is 0.868. The highest BCUT2D eigenvalue weighted by Crippen LogP contribution is 2.34. The lowest BCUT2D eigenvalue weighted by atomic mass is 10.2. The molecule has 0 fully saturated rings. The highest BCUT2D eigenvalue weighted by molar-refractivity contribution is 6.97. The summed E-state index contributed by atoms with van der Waals surface area (Å²) in [6.07, 6.45) is 11.3. The van der Waals surface area contributed by atoms with Crippen LogP contribution in [0.25, 0.3) is 0 Å². The fourth-order valence-electron chi connectivity index (χ4n) is 3.42. The molecule has 0 saturated carbocycles. The van der Waals surface area contributed by atoms with E-state index in [9.17, 15) is 0 Å². The molecule has 2 rings (SSSR count). The number of allylic oxidation sites excluding steroid dienone is 4. The Bertz CT molecular complexity index is 484. The molecule has 1 aromatic rings. The van der Waals surface area contributed by atoms with Crippen molar-refractivity contribution in [3.05, 3.63) is 53.3 Å². The fourth-order valence-corrected chi connectivity index (χ4v) is 7.78. The highest BCUT2D eigenvalue weighted by atomic mass is 28.3. The summed E-state index contributed by atoms with van der Waals surface area (Å²) in [4.78, 5) is 0. The van der Waals surface area contributed by atoms with Gasteiger partial charge in [-0.25, -0.2) is 0 Å². The van der Waals surface area contributed by atoms with E-state index in [1.54, 1.807) is 16.0 Å². The van der Waals surface area contributed by atoms with Crippen molar-refractivity contribution in [1.82, 2.24) is 0 Å². The third-order valence-electron chi connectivity index (χ3n) is 4.59. The van der Waals surface area contributed by atoms with E-state index in [2.05, 4.69) is 62.9 Å². The van der Waals surface area contributed by atoms with Crippen molar-refractivity contribution in [2.75, 3.05) is 0 Å². The SMILES string of the molecule is CCCC[Si](C)(C1=CCC=C1CCC)c1ccccc1. The molecule has 0 bridgehead atoms. The Morgan fingerprint density at radius 3 is 2.40 bits per heavy atom. The second-order valence-corrected chi connectivity index (χ2v) is 10.4. The molecule has 1 unspecified atom stereocenters. The Morgan fingerprint density at radius 1 is 1.00 bits per heavy atom. The van der Waals surface area contributed by atoms with Gasteiger partial charge in [0.05, 0.1) is 0 Å². The first-order chi connectivity index (χ1) is 9.72. The average Bonchev–Trinajstić information content (AvgIpc) is 2.95. The van der Waals surface area contributed by atoms with E-state index >= 15 is 0 Å². The largest absolute Gasteiger partial charge is 0.115 e. The van der Waals surface area contributed by atoms with Gasteiger partial charge >= 0.3 is 0 Å². The summed E-state index contributed by atoms with van der Waals surface area (Å²) in [5.74, 6) is 0. The van der Waals surface area contributed by atoms with Gasteiger partial charge in [0, 0.05) is 0 Å². The summed E-state index contributed by atoms with van der Waals surface area (Å²) in [7, 11) is -1.52. The van der Waals surface area contributed by atoms with Crippen molar-refractivity contribution in [2.24, 2.45) is 0 Å². The van der Waals surface area contributed by atoms with Crippen LogP contribution in [0.4, 0.5) is 0 Å². The van der Waals surface area contributed by atoms with Crippen molar-refractivity contribution < 1.29 is 0 Å². The van der Waals surface area contributed by atoms with Gasteiger partial charge in [-0.15, -0.1) is 0 Å². The molecule has 0 heterocycles. The molecule has 1 aliphatic carbocycles. The topological polar surface area (TPSA) is 0 Å². The predicted molar refractivity (Wildman–Crippen MR) is 93.1 cm³/mol. The Labute approximate surface area is 125 Å². The minimum Gasteiger partial charge on any atom is -0.0808 e. The molecule has 0 spiro atoms. The van der Waals surface area contributed by atoms with E-state index in [0.717, 1.165) is 6.42 Å². The zero-order valence-corrected chi connectivity index (χ0v) is 14.3. The summed E-state index contributed by atoms with van der Waals surface area (Å²) in [5.41, 5.74) is 1.65. The first-order valence-electron chi connectivity index (χ1n) is 8.18. The molecule has 108 valence electrons. The van der Waals surface area contributed by atoms with E-state index in [-0.39, 0.29) is 0 Å². The first kappa shape index (κ1) is 15.3. The lowest BCUT2D eigenvalue weighted by Crippen LogP contribution is -2.47. The van der Waals surface area contributed by atoms with Gasteiger partial charge in [0.2, 0.25) is 0 Å². The number of hydrogen-bond acceptors (Lipinski definition) is 0. The Balaban J connectivity index is 2.35. The van der Waals surface area contributed by atoms with Gasteiger partial charge in [0.25, 0.3) is 0 Å². The average molecular weight is 285 g/mol. The summed E-state index contributed by atoms with van der Waals surface area (Å²) in [5, 5.41) is 3.35. The quantitative estimate of drug-likeness (QED) is 0.591. The van der Waals surface area contributed by atoms with Gasteiger partial charge in [-0.3, -0.25) is 0 Å². The Hall–Kier alpha value is -1.08. The van der Waals surface area contributed by atoms with Crippen LogP contribution in [0.15, 0.2) is 53.3 Å². The maximum Gasteiger partial charge on any atom is 0.115 e. The molecule has 0 aromatic heterocycles. The standard InChI is InChI=1S/C19H28Si/c1-4-6-16-20(3,18-13-8-7-9-14-18)19-15-10-12-17(19)11-5-2/h7-9,12-15H,4-6,10-11,16H2,1-3H3. The van der Waals surface area contributed by atoms with Crippen LogP contribution in [-0.2, 0) is 0 Å². The minimum atomic E-state index is -1.52. The molecule has 1 aliphatic rings. The third kappa shape index (κ3) is 3.14. The molecule has 0 amide bonds. The Kier molecular flexibility index (Phi) is 5.42. The van der Waals surface area contributed by atoms with Crippen LogP contribution >= 0.6 is 0 Å². The molecule has 1 atom stereocenters. The molecule has 0 saturated heterocycles. The molecular formula is C19H28Si. The molecule has 1 heteroatoms. The van der Waals surface area contributed by atoms with Gasteiger partial charge in [0.1, 0.15) is 8.07 Å². The van der Waals surface area contributed by atoms with Crippen LogP contribution in [0, 0.1) is 0 Å². The van der Waals surface area contributed by atoms with Crippen molar-refractivity contribution in [2.45, 2.75) is 58.5 Å². The lowest BCUT2D eigenvalue weighted by Gasteiger charge is -2.31. The first-order valence-corrected chi connectivity index (χ1v) is 10.9. The fraction of sp³-hybridized carbons (Fsp3) is 0.474.